The molecule has 48 valence electrons. The molecule has 8 heavy (non-hydrogen) atoms. The maximum Gasteiger partial charge on any atom is 0.0850 e. The van der Waals surface area contributed by atoms with E-state index in [2.05, 4.69) is 27.7 Å². The summed E-state index contributed by atoms with van der Waals surface area (Å²) in [5, 5.41) is 0. The lowest BCUT2D eigenvalue weighted by atomic mass is 9.90. The highest BCUT2D eigenvalue weighted by Gasteiger charge is 2.08. The van der Waals surface area contributed by atoms with Crippen molar-refractivity contribution in [3.05, 3.63) is 6.92 Å². The monoisotopic (exact) mass is 113 g/mol. The highest BCUT2D eigenvalue weighted by molar-refractivity contribution is 4.60. The van der Waals surface area contributed by atoms with Crippen LogP contribution in [0.15, 0.2) is 0 Å². The minimum atomic E-state index is 0.512. The molecule has 0 aromatic heterocycles. The number of hydrogen-bond acceptors (Lipinski definition) is 0. The zero-order chi connectivity index (χ0) is 6.62. The van der Waals surface area contributed by atoms with E-state index in [0.29, 0.717) is 5.41 Å². The zero-order valence-electron chi connectivity index (χ0n) is 6.33. The van der Waals surface area contributed by atoms with Crippen LogP contribution in [0, 0.1) is 12.3 Å². The fourth-order valence-corrected chi connectivity index (χ4v) is 0.655. The molecule has 0 unspecified atom stereocenters. The summed E-state index contributed by atoms with van der Waals surface area (Å²) >= 11 is 0. The highest BCUT2D eigenvalue weighted by Crippen LogP contribution is 2.20. The SMILES string of the molecule is [CH2+]CCCC(C)(C)C. The number of hydrogen-bond donors (Lipinski definition) is 0. The third kappa shape index (κ3) is 5.87. The van der Waals surface area contributed by atoms with Crippen LogP contribution in [0.4, 0.5) is 0 Å². The summed E-state index contributed by atoms with van der Waals surface area (Å²) in [6.07, 6.45) is 3.65. The van der Waals surface area contributed by atoms with Crippen molar-refractivity contribution < 1.29 is 0 Å². The van der Waals surface area contributed by atoms with Crippen molar-refractivity contribution in [2.45, 2.75) is 40.0 Å². The summed E-state index contributed by atoms with van der Waals surface area (Å²) in [6.45, 7) is 10.6. The molecule has 0 saturated carbocycles. The largest absolute Gasteiger partial charge is 0.0850 e. The Morgan fingerprint density at radius 2 is 1.75 bits per heavy atom. The minimum Gasteiger partial charge on any atom is -0.0602 e. The second-order valence-electron chi connectivity index (χ2n) is 3.52. The lowest BCUT2D eigenvalue weighted by Crippen LogP contribution is -2.03. The van der Waals surface area contributed by atoms with Crippen LogP contribution >= 0.6 is 0 Å². The first-order valence-electron chi connectivity index (χ1n) is 3.35. The van der Waals surface area contributed by atoms with E-state index in [1.807, 2.05) is 0 Å². The van der Waals surface area contributed by atoms with Gasteiger partial charge in [-0.2, -0.15) is 0 Å². The van der Waals surface area contributed by atoms with E-state index in [4.69, 9.17) is 0 Å². The van der Waals surface area contributed by atoms with Crippen LogP contribution in [0.25, 0.3) is 0 Å². The molecule has 0 nitrogen and oxygen atoms in total. The van der Waals surface area contributed by atoms with Gasteiger partial charge in [-0.3, -0.25) is 0 Å². The van der Waals surface area contributed by atoms with Gasteiger partial charge in [0.15, 0.2) is 0 Å². The van der Waals surface area contributed by atoms with Crippen LogP contribution in [0.3, 0.4) is 0 Å². The topological polar surface area (TPSA) is 0 Å². The first kappa shape index (κ1) is 7.87. The fourth-order valence-electron chi connectivity index (χ4n) is 0.655. The van der Waals surface area contributed by atoms with Crippen LogP contribution in [-0.4, -0.2) is 0 Å². The predicted octanol–water partition coefficient (Wildman–Crippen LogP) is 3.04. The van der Waals surface area contributed by atoms with Gasteiger partial charge in [-0.25, -0.2) is 0 Å². The molecule has 0 atom stereocenters. The second-order valence-corrected chi connectivity index (χ2v) is 3.52. The summed E-state index contributed by atoms with van der Waals surface area (Å²) < 4.78 is 0. The van der Waals surface area contributed by atoms with Gasteiger partial charge in [0.2, 0.25) is 0 Å². The molecule has 0 aromatic rings. The van der Waals surface area contributed by atoms with Crippen molar-refractivity contribution in [2.24, 2.45) is 5.41 Å². The number of rotatable bonds is 2. The van der Waals surface area contributed by atoms with Crippen molar-refractivity contribution in [1.29, 1.82) is 0 Å². The molecular formula is C8H17+. The Hall–Kier alpha value is -0.130. The van der Waals surface area contributed by atoms with Crippen molar-refractivity contribution in [3.8, 4) is 0 Å². The Kier molecular flexibility index (Phi) is 2.96. The molecule has 0 bridgehead atoms. The van der Waals surface area contributed by atoms with Gasteiger partial charge in [0.1, 0.15) is 0 Å². The maximum absolute atomic E-state index is 3.79. The molecule has 0 radical (unpaired) electrons. The van der Waals surface area contributed by atoms with Gasteiger partial charge in [0, 0.05) is 0 Å². The second kappa shape index (κ2) is 3.01. The summed E-state index contributed by atoms with van der Waals surface area (Å²) in [6, 6.07) is 0. The lowest BCUT2D eigenvalue weighted by molar-refractivity contribution is 0.367. The molecule has 0 saturated heterocycles. The Labute approximate surface area is 53.3 Å². The van der Waals surface area contributed by atoms with E-state index in [1.165, 1.54) is 12.8 Å². The Morgan fingerprint density at radius 1 is 1.25 bits per heavy atom. The van der Waals surface area contributed by atoms with Gasteiger partial charge in [0.25, 0.3) is 0 Å². The highest BCUT2D eigenvalue weighted by atomic mass is 14.1. The summed E-state index contributed by atoms with van der Waals surface area (Å²) in [5.74, 6) is 0. The maximum atomic E-state index is 3.79. The molecule has 0 spiro atoms. The molecule has 0 heteroatoms. The van der Waals surface area contributed by atoms with E-state index in [0.717, 1.165) is 6.42 Å². The van der Waals surface area contributed by atoms with E-state index < -0.39 is 0 Å². The number of unbranched alkanes of at least 4 members (excludes halogenated alkanes) is 1. The molecular weight excluding hydrogens is 96.1 g/mol. The minimum absolute atomic E-state index is 0.512. The summed E-state index contributed by atoms with van der Waals surface area (Å²) in [7, 11) is 0. The van der Waals surface area contributed by atoms with Gasteiger partial charge in [-0.1, -0.05) is 20.8 Å². The molecule has 0 aliphatic rings. The summed E-state index contributed by atoms with van der Waals surface area (Å²) in [4.78, 5) is 0. The predicted molar refractivity (Wildman–Crippen MR) is 38.7 cm³/mol. The van der Waals surface area contributed by atoms with E-state index in [1.54, 1.807) is 0 Å². The fraction of sp³-hybridized carbons (Fsp3) is 0.875. The summed E-state index contributed by atoms with van der Waals surface area (Å²) in [5.41, 5.74) is 0.512. The molecule has 0 rings (SSSR count). The van der Waals surface area contributed by atoms with Crippen LogP contribution in [0.5, 0.6) is 0 Å². The van der Waals surface area contributed by atoms with Gasteiger partial charge in [0.05, 0.1) is 13.3 Å². The molecule has 0 N–H and O–H groups in total. The lowest BCUT2D eigenvalue weighted by Gasteiger charge is -2.15. The smallest absolute Gasteiger partial charge is 0.0602 e. The van der Waals surface area contributed by atoms with Crippen LogP contribution in [0.1, 0.15) is 40.0 Å². The Balaban J connectivity index is 3.11. The van der Waals surface area contributed by atoms with Crippen LogP contribution in [0.2, 0.25) is 0 Å². The van der Waals surface area contributed by atoms with Gasteiger partial charge in [-0.05, 0) is 18.3 Å². The van der Waals surface area contributed by atoms with Crippen LogP contribution < -0.4 is 0 Å². The van der Waals surface area contributed by atoms with Crippen molar-refractivity contribution in [2.75, 3.05) is 0 Å². The van der Waals surface area contributed by atoms with E-state index >= 15 is 0 Å². The van der Waals surface area contributed by atoms with Crippen molar-refractivity contribution in [3.63, 3.8) is 0 Å². The average molecular weight is 113 g/mol. The first-order valence-corrected chi connectivity index (χ1v) is 3.35. The van der Waals surface area contributed by atoms with Crippen molar-refractivity contribution in [1.82, 2.24) is 0 Å². The van der Waals surface area contributed by atoms with Gasteiger partial charge in [-0.15, -0.1) is 0 Å². The third-order valence-electron chi connectivity index (χ3n) is 1.18. The third-order valence-corrected chi connectivity index (χ3v) is 1.18. The Morgan fingerprint density at radius 3 is 1.88 bits per heavy atom. The molecule has 0 amide bonds. The first-order chi connectivity index (χ1) is 3.56. The molecule has 0 aliphatic heterocycles. The molecule has 0 aromatic carbocycles. The van der Waals surface area contributed by atoms with Gasteiger partial charge >= 0.3 is 0 Å². The van der Waals surface area contributed by atoms with E-state index in [-0.39, 0.29) is 0 Å². The molecule has 0 fully saturated rings. The van der Waals surface area contributed by atoms with Crippen molar-refractivity contribution >= 4 is 0 Å². The van der Waals surface area contributed by atoms with Crippen LogP contribution in [-0.2, 0) is 0 Å². The molecule has 0 aliphatic carbocycles. The molecule has 0 heterocycles. The quantitative estimate of drug-likeness (QED) is 0.483. The van der Waals surface area contributed by atoms with Gasteiger partial charge < -0.3 is 0 Å². The zero-order valence-corrected chi connectivity index (χ0v) is 6.33. The Bertz CT molecular complexity index is 47.5. The normalized spacial score (nSPS) is 11.9. The standard InChI is InChI=1S/C8H17/c1-5-6-7-8(2,3)4/h1,5-7H2,2-4H3/q+1. The van der Waals surface area contributed by atoms with E-state index in [9.17, 15) is 0 Å². The average Bonchev–Trinajstić information content (AvgIpc) is 1.59.